The first-order chi connectivity index (χ1) is 11.7. The van der Waals surface area contributed by atoms with Crippen molar-refractivity contribution < 1.29 is 9.53 Å². The topological polar surface area (TPSA) is 54.5 Å². The highest BCUT2D eigenvalue weighted by Crippen LogP contribution is 2.21. The molecule has 2 heterocycles. The van der Waals surface area contributed by atoms with Crippen LogP contribution in [0.1, 0.15) is 28.8 Å². The monoisotopic (exact) mass is 325 g/mol. The van der Waals surface area contributed by atoms with Crippen LogP contribution >= 0.6 is 0 Å². The lowest BCUT2D eigenvalue weighted by atomic mass is 10.2. The minimum Gasteiger partial charge on any atom is -0.492 e. The van der Waals surface area contributed by atoms with Crippen LogP contribution in [-0.2, 0) is 0 Å². The van der Waals surface area contributed by atoms with Gasteiger partial charge in [0.2, 0.25) is 0 Å². The maximum atomic E-state index is 12.5. The Hall–Kier alpha value is -2.56. The van der Waals surface area contributed by atoms with E-state index in [1.165, 1.54) is 0 Å². The normalized spacial score (nSPS) is 13.8. The Balaban J connectivity index is 1.54. The highest BCUT2D eigenvalue weighted by Gasteiger charge is 2.20. The molecule has 0 spiro atoms. The molecule has 0 radical (unpaired) electrons. The number of nitrogens with zero attached hydrogens (tertiary/aromatic N) is 2. The van der Waals surface area contributed by atoms with Gasteiger partial charge in [-0.05, 0) is 49.6 Å². The Bertz CT molecular complexity index is 697. The van der Waals surface area contributed by atoms with Crippen molar-refractivity contribution in [2.24, 2.45) is 0 Å². The first-order valence-corrected chi connectivity index (χ1v) is 8.42. The quantitative estimate of drug-likeness (QED) is 0.830. The second-order valence-corrected chi connectivity index (χ2v) is 5.99. The molecule has 24 heavy (non-hydrogen) atoms. The number of hydrogen-bond donors (Lipinski definition) is 1. The van der Waals surface area contributed by atoms with Gasteiger partial charge in [0, 0.05) is 19.3 Å². The van der Waals surface area contributed by atoms with Crippen LogP contribution in [0.3, 0.4) is 0 Å². The van der Waals surface area contributed by atoms with Gasteiger partial charge in [0.05, 0.1) is 12.1 Å². The van der Waals surface area contributed by atoms with Crippen LogP contribution in [0.4, 0.5) is 5.82 Å². The third kappa shape index (κ3) is 4.04. The summed E-state index contributed by atoms with van der Waals surface area (Å²) in [5.74, 6) is 1.51. The number of aromatic nitrogens is 1. The number of hydrogen-bond acceptors (Lipinski definition) is 4. The van der Waals surface area contributed by atoms with Crippen LogP contribution < -0.4 is 15.0 Å². The number of carbonyl (C=O) groups is 1. The van der Waals surface area contributed by atoms with Gasteiger partial charge in [-0.2, -0.15) is 0 Å². The lowest BCUT2D eigenvalue weighted by Gasteiger charge is -2.19. The average Bonchev–Trinajstić information content (AvgIpc) is 3.13. The molecule has 5 nitrogen and oxygen atoms in total. The summed E-state index contributed by atoms with van der Waals surface area (Å²) in [5, 5.41) is 2.92. The van der Waals surface area contributed by atoms with Crippen molar-refractivity contribution in [1.82, 2.24) is 10.3 Å². The Morgan fingerprint density at radius 2 is 2.08 bits per heavy atom. The van der Waals surface area contributed by atoms with Crippen LogP contribution in [0.15, 0.2) is 42.6 Å². The molecule has 0 unspecified atom stereocenters. The number of pyridine rings is 1. The van der Waals surface area contributed by atoms with E-state index in [9.17, 15) is 4.79 Å². The SMILES string of the molecule is Cc1cccc(OCCNC(=O)c2cccnc2N2CCCC2)c1. The second-order valence-electron chi connectivity index (χ2n) is 5.99. The molecule has 0 aliphatic carbocycles. The number of benzene rings is 1. The van der Waals surface area contributed by atoms with Gasteiger partial charge in [-0.3, -0.25) is 4.79 Å². The Kier molecular flexibility index (Phi) is 5.31. The van der Waals surface area contributed by atoms with Crippen molar-refractivity contribution in [2.45, 2.75) is 19.8 Å². The molecule has 0 atom stereocenters. The van der Waals surface area contributed by atoms with E-state index >= 15 is 0 Å². The van der Waals surface area contributed by atoms with Gasteiger partial charge < -0.3 is 15.0 Å². The zero-order chi connectivity index (χ0) is 16.8. The maximum Gasteiger partial charge on any atom is 0.255 e. The molecule has 1 aliphatic heterocycles. The van der Waals surface area contributed by atoms with E-state index < -0.39 is 0 Å². The van der Waals surface area contributed by atoms with Crippen LogP contribution in [0.2, 0.25) is 0 Å². The van der Waals surface area contributed by atoms with Crippen LogP contribution in [0.5, 0.6) is 5.75 Å². The maximum absolute atomic E-state index is 12.5. The number of rotatable bonds is 6. The van der Waals surface area contributed by atoms with E-state index in [0.29, 0.717) is 18.7 Å². The number of aryl methyl sites for hydroxylation is 1. The van der Waals surface area contributed by atoms with E-state index in [2.05, 4.69) is 15.2 Å². The molecule has 1 fully saturated rings. The molecule has 0 saturated carbocycles. The van der Waals surface area contributed by atoms with Gasteiger partial charge in [-0.15, -0.1) is 0 Å². The van der Waals surface area contributed by atoms with Crippen molar-refractivity contribution in [3.8, 4) is 5.75 Å². The molecule has 2 aromatic rings. The van der Waals surface area contributed by atoms with Crippen LogP contribution in [0, 0.1) is 6.92 Å². The summed E-state index contributed by atoms with van der Waals surface area (Å²) in [4.78, 5) is 19.0. The predicted octanol–water partition coefficient (Wildman–Crippen LogP) is 2.80. The number of ether oxygens (including phenoxy) is 1. The Morgan fingerprint density at radius 1 is 1.25 bits per heavy atom. The van der Waals surface area contributed by atoms with Crippen molar-refractivity contribution in [1.29, 1.82) is 0 Å². The van der Waals surface area contributed by atoms with Crippen LogP contribution in [0.25, 0.3) is 0 Å². The lowest BCUT2D eigenvalue weighted by Crippen LogP contribution is -2.30. The van der Waals surface area contributed by atoms with E-state index in [4.69, 9.17) is 4.74 Å². The minimum absolute atomic E-state index is 0.0992. The fourth-order valence-electron chi connectivity index (χ4n) is 2.89. The first kappa shape index (κ1) is 16.3. The predicted molar refractivity (Wildman–Crippen MR) is 94.7 cm³/mol. The number of amides is 1. The number of anilines is 1. The van der Waals surface area contributed by atoms with Crippen molar-refractivity contribution in [2.75, 3.05) is 31.1 Å². The largest absolute Gasteiger partial charge is 0.492 e. The van der Waals surface area contributed by atoms with Gasteiger partial charge in [-0.25, -0.2) is 4.98 Å². The summed E-state index contributed by atoms with van der Waals surface area (Å²) in [7, 11) is 0. The van der Waals surface area contributed by atoms with Crippen LogP contribution in [-0.4, -0.2) is 37.1 Å². The molecule has 0 bridgehead atoms. The molecule has 1 aromatic heterocycles. The molecule has 1 saturated heterocycles. The third-order valence-corrected chi connectivity index (χ3v) is 4.08. The fourth-order valence-corrected chi connectivity index (χ4v) is 2.89. The zero-order valence-corrected chi connectivity index (χ0v) is 14.0. The van der Waals surface area contributed by atoms with Gasteiger partial charge in [-0.1, -0.05) is 12.1 Å². The number of carbonyl (C=O) groups excluding carboxylic acids is 1. The Morgan fingerprint density at radius 3 is 2.88 bits per heavy atom. The van der Waals surface area contributed by atoms with Gasteiger partial charge in [0.1, 0.15) is 18.2 Å². The smallest absolute Gasteiger partial charge is 0.255 e. The summed E-state index contributed by atoms with van der Waals surface area (Å²) in [6.45, 7) is 4.86. The third-order valence-electron chi connectivity index (χ3n) is 4.08. The van der Waals surface area contributed by atoms with Gasteiger partial charge >= 0.3 is 0 Å². The minimum atomic E-state index is -0.0992. The Labute approximate surface area is 142 Å². The highest BCUT2D eigenvalue weighted by atomic mass is 16.5. The van der Waals surface area contributed by atoms with Crippen molar-refractivity contribution in [3.05, 3.63) is 53.7 Å². The summed E-state index contributed by atoms with van der Waals surface area (Å²) in [6.07, 6.45) is 4.05. The highest BCUT2D eigenvalue weighted by molar-refractivity contribution is 5.98. The summed E-state index contributed by atoms with van der Waals surface area (Å²) in [6, 6.07) is 11.5. The van der Waals surface area contributed by atoms with E-state index in [-0.39, 0.29) is 5.91 Å². The molecule has 1 N–H and O–H groups in total. The van der Waals surface area contributed by atoms with E-state index in [1.807, 2.05) is 37.3 Å². The molecule has 1 amide bonds. The summed E-state index contributed by atoms with van der Waals surface area (Å²) >= 11 is 0. The van der Waals surface area contributed by atoms with Gasteiger partial charge in [0.25, 0.3) is 5.91 Å². The standard InChI is InChI=1S/C19H23N3O2/c1-15-6-4-7-16(14-15)24-13-10-21-19(23)17-8-5-9-20-18(17)22-11-2-3-12-22/h4-9,14H,2-3,10-13H2,1H3,(H,21,23). The van der Waals surface area contributed by atoms with Crippen molar-refractivity contribution >= 4 is 11.7 Å². The lowest BCUT2D eigenvalue weighted by molar-refractivity contribution is 0.0947. The molecule has 3 rings (SSSR count). The molecular formula is C19H23N3O2. The molecular weight excluding hydrogens is 302 g/mol. The molecule has 126 valence electrons. The van der Waals surface area contributed by atoms with E-state index in [0.717, 1.165) is 43.1 Å². The first-order valence-electron chi connectivity index (χ1n) is 8.42. The molecule has 1 aliphatic rings. The molecule has 1 aromatic carbocycles. The van der Waals surface area contributed by atoms with E-state index in [1.54, 1.807) is 12.3 Å². The summed E-state index contributed by atoms with van der Waals surface area (Å²) in [5.41, 5.74) is 1.79. The fraction of sp³-hybridized carbons (Fsp3) is 0.368. The number of nitrogens with one attached hydrogen (secondary N) is 1. The zero-order valence-electron chi connectivity index (χ0n) is 14.0. The second kappa shape index (κ2) is 7.81. The van der Waals surface area contributed by atoms with Gasteiger partial charge in [0.15, 0.2) is 0 Å². The summed E-state index contributed by atoms with van der Waals surface area (Å²) < 4.78 is 5.66. The average molecular weight is 325 g/mol. The van der Waals surface area contributed by atoms with Crippen molar-refractivity contribution in [3.63, 3.8) is 0 Å². The molecule has 5 heteroatoms.